The number of hydrogen-bond donors (Lipinski definition) is 0. The Kier molecular flexibility index (Phi) is 3.42. The third kappa shape index (κ3) is 2.39. The Bertz CT molecular complexity index is 350. The van der Waals surface area contributed by atoms with Gasteiger partial charge in [-0.05, 0) is 54.9 Å². The lowest BCUT2D eigenvalue weighted by atomic mass is 9.66. The molecule has 0 aromatic heterocycles. The molecule has 1 aliphatic carbocycles. The van der Waals surface area contributed by atoms with Crippen LogP contribution in [0, 0.1) is 12.3 Å². The standard InChI is InChI=1S/C13H16BrCl/c1-10-3-4-12(14)7-11(10)8-13(9-15)5-2-6-13/h3-4,7H,2,5-6,8-9H2,1H3. The van der Waals surface area contributed by atoms with Crippen LogP contribution in [0.15, 0.2) is 22.7 Å². The summed E-state index contributed by atoms with van der Waals surface area (Å²) in [5.74, 6) is 0.805. The van der Waals surface area contributed by atoms with Crippen molar-refractivity contribution in [3.05, 3.63) is 33.8 Å². The highest BCUT2D eigenvalue weighted by Crippen LogP contribution is 2.45. The molecule has 1 aromatic carbocycles. The van der Waals surface area contributed by atoms with Gasteiger partial charge in [0.25, 0.3) is 0 Å². The molecule has 1 saturated carbocycles. The van der Waals surface area contributed by atoms with Crippen molar-refractivity contribution in [2.45, 2.75) is 32.6 Å². The molecule has 0 radical (unpaired) electrons. The molecule has 15 heavy (non-hydrogen) atoms. The molecule has 0 saturated heterocycles. The Balaban J connectivity index is 2.19. The molecule has 1 fully saturated rings. The van der Waals surface area contributed by atoms with Crippen LogP contribution in [0.4, 0.5) is 0 Å². The van der Waals surface area contributed by atoms with E-state index in [9.17, 15) is 0 Å². The molecule has 1 aromatic rings. The molecule has 0 unspecified atom stereocenters. The zero-order valence-electron chi connectivity index (χ0n) is 9.02. The molecule has 0 bridgehead atoms. The predicted molar refractivity (Wildman–Crippen MR) is 69.6 cm³/mol. The largest absolute Gasteiger partial charge is 0.126 e. The van der Waals surface area contributed by atoms with Crippen LogP contribution in [-0.2, 0) is 6.42 Å². The number of alkyl halides is 1. The molecule has 1 aliphatic rings. The highest BCUT2D eigenvalue weighted by Gasteiger charge is 2.36. The molecule has 2 rings (SSSR count). The molecule has 2 heteroatoms. The Labute approximate surface area is 105 Å². The van der Waals surface area contributed by atoms with E-state index in [1.54, 1.807) is 0 Å². The summed E-state index contributed by atoms with van der Waals surface area (Å²) in [6.07, 6.45) is 5.08. The maximum Gasteiger partial charge on any atom is 0.0283 e. The minimum Gasteiger partial charge on any atom is -0.126 e. The summed E-state index contributed by atoms with van der Waals surface area (Å²) in [5, 5.41) is 0. The average molecular weight is 288 g/mol. The van der Waals surface area contributed by atoms with E-state index in [0.717, 1.165) is 12.3 Å². The zero-order chi connectivity index (χ0) is 10.9. The van der Waals surface area contributed by atoms with Gasteiger partial charge in [0.2, 0.25) is 0 Å². The van der Waals surface area contributed by atoms with Crippen LogP contribution in [-0.4, -0.2) is 5.88 Å². The lowest BCUT2D eigenvalue weighted by molar-refractivity contribution is 0.166. The molecule has 82 valence electrons. The molecule has 0 N–H and O–H groups in total. The summed E-state index contributed by atoms with van der Waals surface area (Å²) in [4.78, 5) is 0. The monoisotopic (exact) mass is 286 g/mol. The number of rotatable bonds is 3. The summed E-state index contributed by atoms with van der Waals surface area (Å²) in [5.41, 5.74) is 3.23. The van der Waals surface area contributed by atoms with E-state index in [-0.39, 0.29) is 0 Å². The third-order valence-corrected chi connectivity index (χ3v) is 4.63. The second-order valence-corrected chi connectivity index (χ2v) is 5.92. The van der Waals surface area contributed by atoms with Crippen molar-refractivity contribution in [1.82, 2.24) is 0 Å². The summed E-state index contributed by atoms with van der Waals surface area (Å²) >= 11 is 9.62. The fraction of sp³-hybridized carbons (Fsp3) is 0.538. The van der Waals surface area contributed by atoms with Crippen LogP contribution in [0.5, 0.6) is 0 Å². The maximum absolute atomic E-state index is 6.09. The lowest BCUT2D eigenvalue weighted by Crippen LogP contribution is -2.33. The van der Waals surface area contributed by atoms with Gasteiger partial charge in [0.1, 0.15) is 0 Å². The van der Waals surface area contributed by atoms with E-state index < -0.39 is 0 Å². The molecule has 0 heterocycles. The molecule has 0 nitrogen and oxygen atoms in total. The Morgan fingerprint density at radius 3 is 2.67 bits per heavy atom. The topological polar surface area (TPSA) is 0 Å². The summed E-state index contributed by atoms with van der Waals surface area (Å²) in [6.45, 7) is 2.18. The summed E-state index contributed by atoms with van der Waals surface area (Å²) in [7, 11) is 0. The number of halogens is 2. The van der Waals surface area contributed by atoms with Gasteiger partial charge in [-0.25, -0.2) is 0 Å². The van der Waals surface area contributed by atoms with E-state index in [1.807, 2.05) is 0 Å². The first kappa shape index (κ1) is 11.5. The van der Waals surface area contributed by atoms with E-state index in [2.05, 4.69) is 41.1 Å². The SMILES string of the molecule is Cc1ccc(Br)cc1CC1(CCl)CCC1. The van der Waals surface area contributed by atoms with E-state index in [0.29, 0.717) is 5.41 Å². The van der Waals surface area contributed by atoms with Gasteiger partial charge in [0, 0.05) is 10.4 Å². The van der Waals surface area contributed by atoms with Crippen LogP contribution in [0.25, 0.3) is 0 Å². The molecular weight excluding hydrogens is 272 g/mol. The fourth-order valence-electron chi connectivity index (χ4n) is 2.27. The zero-order valence-corrected chi connectivity index (χ0v) is 11.4. The average Bonchev–Trinajstić information content (AvgIpc) is 2.17. The van der Waals surface area contributed by atoms with Gasteiger partial charge in [0.15, 0.2) is 0 Å². The maximum atomic E-state index is 6.09. The van der Waals surface area contributed by atoms with E-state index >= 15 is 0 Å². The number of benzene rings is 1. The first-order chi connectivity index (χ1) is 7.15. The van der Waals surface area contributed by atoms with Gasteiger partial charge in [-0.1, -0.05) is 28.4 Å². The highest BCUT2D eigenvalue weighted by molar-refractivity contribution is 9.10. The van der Waals surface area contributed by atoms with Gasteiger partial charge in [-0.3, -0.25) is 0 Å². The number of aryl methyl sites for hydroxylation is 1. The quantitative estimate of drug-likeness (QED) is 0.706. The minimum atomic E-state index is 0.396. The summed E-state index contributed by atoms with van der Waals surface area (Å²) in [6, 6.07) is 6.52. The first-order valence-corrected chi connectivity index (χ1v) is 6.79. The van der Waals surface area contributed by atoms with Crippen molar-refractivity contribution in [3.8, 4) is 0 Å². The second kappa shape index (κ2) is 4.47. The van der Waals surface area contributed by atoms with Gasteiger partial charge >= 0.3 is 0 Å². The Morgan fingerprint density at radius 1 is 1.40 bits per heavy atom. The molecule has 0 atom stereocenters. The Hall–Kier alpha value is -0.0100. The van der Waals surface area contributed by atoms with Crippen LogP contribution in [0.3, 0.4) is 0 Å². The van der Waals surface area contributed by atoms with E-state index in [4.69, 9.17) is 11.6 Å². The molecular formula is C13H16BrCl. The smallest absolute Gasteiger partial charge is 0.0283 e. The fourth-order valence-corrected chi connectivity index (χ4v) is 3.04. The van der Waals surface area contributed by atoms with Crippen LogP contribution in [0.1, 0.15) is 30.4 Å². The molecule has 0 aliphatic heterocycles. The van der Waals surface area contributed by atoms with Gasteiger partial charge in [0.05, 0.1) is 0 Å². The minimum absolute atomic E-state index is 0.396. The second-order valence-electron chi connectivity index (χ2n) is 4.73. The molecule has 0 spiro atoms. The highest BCUT2D eigenvalue weighted by atomic mass is 79.9. The normalized spacial score (nSPS) is 18.6. The van der Waals surface area contributed by atoms with Crippen molar-refractivity contribution in [2.24, 2.45) is 5.41 Å². The van der Waals surface area contributed by atoms with Crippen LogP contribution in [0.2, 0.25) is 0 Å². The van der Waals surface area contributed by atoms with Crippen LogP contribution >= 0.6 is 27.5 Å². The van der Waals surface area contributed by atoms with Crippen molar-refractivity contribution in [1.29, 1.82) is 0 Å². The van der Waals surface area contributed by atoms with Crippen LogP contribution < -0.4 is 0 Å². The van der Waals surface area contributed by atoms with Crippen molar-refractivity contribution >= 4 is 27.5 Å². The summed E-state index contributed by atoms with van der Waals surface area (Å²) < 4.78 is 1.17. The van der Waals surface area contributed by atoms with E-state index in [1.165, 1.54) is 34.9 Å². The number of hydrogen-bond acceptors (Lipinski definition) is 0. The van der Waals surface area contributed by atoms with Crippen molar-refractivity contribution < 1.29 is 0 Å². The third-order valence-electron chi connectivity index (χ3n) is 3.57. The molecule has 0 amide bonds. The van der Waals surface area contributed by atoms with Gasteiger partial charge in [-0.2, -0.15) is 0 Å². The van der Waals surface area contributed by atoms with Gasteiger partial charge < -0.3 is 0 Å². The van der Waals surface area contributed by atoms with Crippen molar-refractivity contribution in [3.63, 3.8) is 0 Å². The predicted octanol–water partition coefficient (Wildman–Crippen LogP) is 4.71. The Morgan fingerprint density at radius 2 is 2.13 bits per heavy atom. The first-order valence-electron chi connectivity index (χ1n) is 5.46. The van der Waals surface area contributed by atoms with Crippen molar-refractivity contribution in [2.75, 3.05) is 5.88 Å². The van der Waals surface area contributed by atoms with Gasteiger partial charge in [-0.15, -0.1) is 11.6 Å². The lowest BCUT2D eigenvalue weighted by Gasteiger charge is -2.41.